The molecule has 3 saturated heterocycles. The molecule has 12 nitrogen and oxygen atoms in total. The van der Waals surface area contributed by atoms with Crippen molar-refractivity contribution in [3.63, 3.8) is 0 Å². The van der Waals surface area contributed by atoms with E-state index in [0.717, 1.165) is 120 Å². The summed E-state index contributed by atoms with van der Waals surface area (Å²) in [5, 5.41) is 4.96. The molecule has 3 aliphatic rings. The first-order valence-corrected chi connectivity index (χ1v) is 21.1. The highest BCUT2D eigenvalue weighted by Gasteiger charge is 2.40. The van der Waals surface area contributed by atoms with Crippen LogP contribution in [0.5, 0.6) is 0 Å². The minimum absolute atomic E-state index is 0.0801. The second kappa shape index (κ2) is 16.3. The maximum atomic E-state index is 14.3. The van der Waals surface area contributed by atoms with E-state index in [9.17, 15) is 14.4 Å². The molecule has 3 aliphatic heterocycles. The highest BCUT2D eigenvalue weighted by Crippen LogP contribution is 2.38. The van der Waals surface area contributed by atoms with Crippen molar-refractivity contribution < 1.29 is 19.1 Å². The average Bonchev–Trinajstić information content (AvgIpc) is 4.11. The molecular formula is C47H52N8O4. The molecule has 2 aromatic heterocycles. The molecule has 4 aromatic carbocycles. The third-order valence-corrected chi connectivity index (χ3v) is 12.5. The van der Waals surface area contributed by atoms with Crippen LogP contribution in [0.1, 0.15) is 87.7 Å². The van der Waals surface area contributed by atoms with E-state index in [-0.39, 0.29) is 35.9 Å². The number of hydrogen-bond donors (Lipinski definition) is 3. The summed E-state index contributed by atoms with van der Waals surface area (Å²) in [5.41, 5.74) is 6.95. The summed E-state index contributed by atoms with van der Waals surface area (Å²) < 4.78 is 4.79. The number of nitrogens with zero attached hydrogens (tertiary/aromatic N) is 5. The Hall–Kier alpha value is -6.01. The number of imidazole rings is 2. The standard InChI is InChI=1S/C47H52N8O4/c1-29(2)41(52-47(58)59-3)45(56)54-23-10-14-40(54)44-49-36-20-19-34(27-37(36)50-44)32-15-16-33-26-35(18-17-31(33)25-32)38-28-48-43(51-38)39-13-9-24-55(39)46(57)42(53-21-7-8-22-53)30-11-5-4-6-12-30/h4-6,11-12,15-20,25-29,39-42H,7-10,13-14,21-24H2,1-3H3,(H,48,51)(H,49,50)(H,52,58). The molecule has 3 N–H and O–H groups in total. The van der Waals surface area contributed by atoms with Crippen LogP contribution in [0.4, 0.5) is 4.79 Å². The van der Waals surface area contributed by atoms with Crippen LogP contribution in [0.2, 0.25) is 0 Å². The summed E-state index contributed by atoms with van der Waals surface area (Å²) >= 11 is 0. The number of aromatic nitrogens is 4. The quantitative estimate of drug-likeness (QED) is 0.127. The third kappa shape index (κ3) is 7.57. The van der Waals surface area contributed by atoms with Crippen molar-refractivity contribution in [3.8, 4) is 22.4 Å². The van der Waals surface area contributed by atoms with E-state index in [1.54, 1.807) is 0 Å². The van der Waals surface area contributed by atoms with Gasteiger partial charge in [-0.25, -0.2) is 14.8 Å². The van der Waals surface area contributed by atoms with Gasteiger partial charge in [-0.15, -0.1) is 0 Å². The first-order valence-electron chi connectivity index (χ1n) is 21.1. The van der Waals surface area contributed by atoms with Crippen LogP contribution in [0.3, 0.4) is 0 Å². The number of amides is 3. The van der Waals surface area contributed by atoms with Crippen LogP contribution in [0, 0.1) is 5.92 Å². The van der Waals surface area contributed by atoms with E-state index in [1.807, 2.05) is 49.2 Å². The van der Waals surface area contributed by atoms with Crippen molar-refractivity contribution in [1.82, 2.24) is 40.0 Å². The number of rotatable bonds is 10. The summed E-state index contributed by atoms with van der Waals surface area (Å²) in [4.78, 5) is 63.1. The Kier molecular flexibility index (Phi) is 10.7. The molecule has 0 saturated carbocycles. The van der Waals surface area contributed by atoms with Gasteiger partial charge >= 0.3 is 6.09 Å². The fourth-order valence-electron chi connectivity index (χ4n) is 9.42. The number of hydrogen-bond acceptors (Lipinski definition) is 7. The molecule has 12 heteroatoms. The first kappa shape index (κ1) is 38.5. The number of methoxy groups -OCH3 is 1. The Morgan fingerprint density at radius 2 is 1.37 bits per heavy atom. The zero-order chi connectivity index (χ0) is 40.6. The number of nitrogens with one attached hydrogen (secondary N) is 3. The highest BCUT2D eigenvalue weighted by atomic mass is 16.5. The zero-order valence-electron chi connectivity index (χ0n) is 34.0. The number of ether oxygens (including phenoxy) is 1. The van der Waals surface area contributed by atoms with Gasteiger partial charge in [0, 0.05) is 18.7 Å². The molecule has 3 fully saturated rings. The van der Waals surface area contributed by atoms with Gasteiger partial charge in [-0.3, -0.25) is 14.5 Å². The Morgan fingerprint density at radius 1 is 0.729 bits per heavy atom. The van der Waals surface area contributed by atoms with E-state index in [1.165, 1.54) is 7.11 Å². The predicted octanol–water partition coefficient (Wildman–Crippen LogP) is 8.32. The van der Waals surface area contributed by atoms with Crippen LogP contribution in [-0.4, -0.2) is 91.9 Å². The van der Waals surface area contributed by atoms with E-state index >= 15 is 0 Å². The molecule has 304 valence electrons. The second-order valence-electron chi connectivity index (χ2n) is 16.6. The third-order valence-electron chi connectivity index (χ3n) is 12.5. The number of benzene rings is 4. The van der Waals surface area contributed by atoms with E-state index in [0.29, 0.717) is 6.54 Å². The smallest absolute Gasteiger partial charge is 0.407 e. The van der Waals surface area contributed by atoms with Crippen molar-refractivity contribution in [1.29, 1.82) is 0 Å². The van der Waals surface area contributed by atoms with Crippen molar-refractivity contribution in [3.05, 3.63) is 108 Å². The minimum Gasteiger partial charge on any atom is -0.453 e. The molecule has 0 radical (unpaired) electrons. The molecule has 4 unspecified atom stereocenters. The maximum absolute atomic E-state index is 14.3. The van der Waals surface area contributed by atoms with Crippen LogP contribution in [-0.2, 0) is 14.3 Å². The van der Waals surface area contributed by atoms with E-state index in [4.69, 9.17) is 14.7 Å². The topological polar surface area (TPSA) is 140 Å². The molecular weight excluding hydrogens is 741 g/mol. The molecule has 5 heterocycles. The van der Waals surface area contributed by atoms with Crippen LogP contribution >= 0.6 is 0 Å². The van der Waals surface area contributed by atoms with Crippen molar-refractivity contribution >= 4 is 39.7 Å². The Labute approximate surface area is 344 Å². The summed E-state index contributed by atoms with van der Waals surface area (Å²) in [6, 6.07) is 28.2. The normalized spacial score (nSPS) is 19.5. The minimum atomic E-state index is -0.682. The predicted molar refractivity (Wildman–Crippen MR) is 228 cm³/mol. The summed E-state index contributed by atoms with van der Waals surface area (Å²) in [6.07, 6.45) is 7.03. The SMILES string of the molecule is COC(=O)NC(C(=O)N1CCCC1c1nc2ccc(-c3ccc4cc(-c5cnc(C6CCCN6C(=O)C(c6ccccc6)N6CCCC6)[nH]5)ccc4c3)cc2[nH]1)C(C)C. The number of H-pyrrole nitrogens is 2. The fraction of sp³-hybridized carbons (Fsp3) is 0.383. The first-order chi connectivity index (χ1) is 28.7. The van der Waals surface area contributed by atoms with Crippen LogP contribution in [0.25, 0.3) is 44.2 Å². The zero-order valence-corrected chi connectivity index (χ0v) is 34.0. The van der Waals surface area contributed by atoms with E-state index < -0.39 is 12.1 Å². The largest absolute Gasteiger partial charge is 0.453 e. The number of aromatic amines is 2. The van der Waals surface area contributed by atoms with Gasteiger partial charge in [-0.05, 0) is 109 Å². The van der Waals surface area contributed by atoms with Gasteiger partial charge < -0.3 is 29.8 Å². The van der Waals surface area contributed by atoms with Crippen LogP contribution in [0.15, 0.2) is 91.1 Å². The monoisotopic (exact) mass is 792 g/mol. The lowest BCUT2D eigenvalue weighted by Gasteiger charge is -2.33. The number of alkyl carbamates (subject to hydrolysis) is 1. The lowest BCUT2D eigenvalue weighted by atomic mass is 9.99. The number of carbonyl (C=O) groups excluding carboxylic acids is 3. The second-order valence-corrected chi connectivity index (χ2v) is 16.6. The molecule has 6 aromatic rings. The number of carbonyl (C=O) groups is 3. The lowest BCUT2D eigenvalue weighted by Crippen LogP contribution is -2.51. The molecule has 3 amide bonds. The molecule has 4 atom stereocenters. The lowest BCUT2D eigenvalue weighted by molar-refractivity contribution is -0.138. The van der Waals surface area contributed by atoms with Gasteiger partial charge in [-0.2, -0.15) is 0 Å². The molecule has 0 bridgehead atoms. The van der Waals surface area contributed by atoms with Crippen molar-refractivity contribution in [2.24, 2.45) is 5.92 Å². The van der Waals surface area contributed by atoms with E-state index in [2.05, 4.69) is 85.7 Å². The fourth-order valence-corrected chi connectivity index (χ4v) is 9.42. The van der Waals surface area contributed by atoms with Gasteiger partial charge in [0.25, 0.3) is 0 Å². The Morgan fingerprint density at radius 3 is 2.08 bits per heavy atom. The summed E-state index contributed by atoms with van der Waals surface area (Å²) in [5.74, 6) is 1.54. The molecule has 9 rings (SSSR count). The van der Waals surface area contributed by atoms with Gasteiger partial charge in [0.1, 0.15) is 23.7 Å². The highest BCUT2D eigenvalue weighted by molar-refractivity contribution is 5.92. The Bertz CT molecular complexity index is 2490. The van der Waals surface area contributed by atoms with Crippen molar-refractivity contribution in [2.75, 3.05) is 33.3 Å². The summed E-state index contributed by atoms with van der Waals surface area (Å²) in [7, 11) is 1.30. The van der Waals surface area contributed by atoms with Gasteiger partial charge in [0.2, 0.25) is 11.8 Å². The molecule has 0 aliphatic carbocycles. The average molecular weight is 793 g/mol. The molecule has 0 spiro atoms. The maximum Gasteiger partial charge on any atom is 0.407 e. The van der Waals surface area contributed by atoms with Crippen LogP contribution < -0.4 is 5.32 Å². The van der Waals surface area contributed by atoms with Gasteiger partial charge in [0.05, 0.1) is 42.1 Å². The number of fused-ring (bicyclic) bond motifs is 2. The number of likely N-dealkylation sites (tertiary alicyclic amines) is 3. The van der Waals surface area contributed by atoms with Crippen molar-refractivity contribution in [2.45, 2.75) is 76.5 Å². The Balaban J connectivity index is 0.914. The molecule has 59 heavy (non-hydrogen) atoms. The summed E-state index contributed by atoms with van der Waals surface area (Å²) in [6.45, 7) is 7.06. The van der Waals surface area contributed by atoms with Gasteiger partial charge in [0.15, 0.2) is 0 Å². The van der Waals surface area contributed by atoms with Gasteiger partial charge in [-0.1, -0.05) is 74.5 Å².